The van der Waals surface area contributed by atoms with E-state index >= 15 is 0 Å². The predicted molar refractivity (Wildman–Crippen MR) is 100 cm³/mol. The molecule has 2 amide bonds. The van der Waals surface area contributed by atoms with Crippen molar-refractivity contribution in [3.63, 3.8) is 0 Å². The fourth-order valence-corrected chi connectivity index (χ4v) is 1.64. The van der Waals surface area contributed by atoms with Crippen LogP contribution in [0.1, 0.15) is 52.7 Å². The molecule has 0 aliphatic carbocycles. The fraction of sp³-hybridized carbons (Fsp3) is 0.444. The number of nitrogens with one attached hydrogen (secondary N) is 2. The predicted octanol–water partition coefficient (Wildman–Crippen LogP) is 3.40. The quantitative estimate of drug-likeness (QED) is 0.633. The summed E-state index contributed by atoms with van der Waals surface area (Å²) in [5.41, 5.74) is 4.88. The highest BCUT2D eigenvalue weighted by molar-refractivity contribution is 5.87. The average molecular weight is 362 g/mol. The molecule has 0 heterocycles. The number of carbonyl (C=O) groups is 2. The lowest BCUT2D eigenvalue weighted by Gasteiger charge is -2.18. The van der Waals surface area contributed by atoms with Crippen LogP contribution in [0.4, 0.5) is 9.59 Å². The largest absolute Gasteiger partial charge is 0.443 e. The van der Waals surface area contributed by atoms with Crippen LogP contribution in [0.25, 0.3) is 0 Å². The van der Waals surface area contributed by atoms with Crippen molar-refractivity contribution in [3.8, 4) is 0 Å². The highest BCUT2D eigenvalue weighted by Crippen LogP contribution is 2.07. The number of carbonyl (C=O) groups excluding carboxylic acids is 2. The SMILES string of the molecule is CC(C)(C)OC(=O)N/N=C\c1cccc(/C=N/NC(=O)OC(C)(C)C)c1. The minimum absolute atomic E-state index is 0.586. The van der Waals surface area contributed by atoms with Gasteiger partial charge in [0.1, 0.15) is 11.2 Å². The van der Waals surface area contributed by atoms with Crippen molar-refractivity contribution in [3.05, 3.63) is 35.4 Å². The highest BCUT2D eigenvalue weighted by Gasteiger charge is 2.16. The van der Waals surface area contributed by atoms with E-state index in [4.69, 9.17) is 9.47 Å². The monoisotopic (exact) mass is 362 g/mol. The Kier molecular flexibility index (Phi) is 7.30. The summed E-state index contributed by atoms with van der Waals surface area (Å²) in [7, 11) is 0. The van der Waals surface area contributed by atoms with E-state index < -0.39 is 23.4 Å². The molecule has 1 rings (SSSR count). The lowest BCUT2D eigenvalue weighted by molar-refractivity contribution is 0.0518. The summed E-state index contributed by atoms with van der Waals surface area (Å²) in [6, 6.07) is 7.18. The molecule has 0 aromatic heterocycles. The van der Waals surface area contributed by atoms with Crippen LogP contribution in [0.15, 0.2) is 34.5 Å². The van der Waals surface area contributed by atoms with Gasteiger partial charge in [0, 0.05) is 0 Å². The molecule has 8 heteroatoms. The van der Waals surface area contributed by atoms with E-state index in [1.54, 1.807) is 65.8 Å². The zero-order valence-electron chi connectivity index (χ0n) is 16.0. The molecule has 0 radical (unpaired) electrons. The summed E-state index contributed by atoms with van der Waals surface area (Å²) in [6.07, 6.45) is 1.69. The van der Waals surface area contributed by atoms with E-state index in [0.29, 0.717) is 0 Å². The first-order chi connectivity index (χ1) is 11.9. The first-order valence-electron chi connectivity index (χ1n) is 8.09. The summed E-state index contributed by atoms with van der Waals surface area (Å²) in [5.74, 6) is 0. The van der Waals surface area contributed by atoms with Crippen LogP contribution < -0.4 is 10.9 Å². The Hall–Kier alpha value is -2.90. The van der Waals surface area contributed by atoms with Crippen molar-refractivity contribution in [2.45, 2.75) is 52.7 Å². The first-order valence-corrected chi connectivity index (χ1v) is 8.09. The molecule has 0 aliphatic heterocycles. The number of benzene rings is 1. The maximum Gasteiger partial charge on any atom is 0.428 e. The molecule has 0 unspecified atom stereocenters. The van der Waals surface area contributed by atoms with Gasteiger partial charge in [0.05, 0.1) is 12.4 Å². The van der Waals surface area contributed by atoms with Crippen molar-refractivity contribution in [2.75, 3.05) is 0 Å². The minimum Gasteiger partial charge on any atom is -0.443 e. The third-order valence-electron chi connectivity index (χ3n) is 2.45. The summed E-state index contributed by atoms with van der Waals surface area (Å²) in [6.45, 7) is 10.6. The van der Waals surface area contributed by atoms with Gasteiger partial charge in [-0.1, -0.05) is 18.2 Å². The van der Waals surface area contributed by atoms with Crippen LogP contribution in [-0.2, 0) is 9.47 Å². The van der Waals surface area contributed by atoms with E-state index in [2.05, 4.69) is 21.1 Å². The van der Waals surface area contributed by atoms with Gasteiger partial charge in [0.2, 0.25) is 0 Å². The standard InChI is InChI=1S/C18H26N4O4/c1-17(2,3)25-15(23)21-19-11-13-8-7-9-14(10-13)12-20-22-16(24)26-18(4,5)6/h7-12H,1-6H3,(H,21,23)(H,22,24)/b19-11-,20-12+. The van der Waals surface area contributed by atoms with Gasteiger partial charge < -0.3 is 9.47 Å². The third kappa shape index (κ3) is 10.1. The van der Waals surface area contributed by atoms with Crippen LogP contribution >= 0.6 is 0 Å². The normalized spacial score (nSPS) is 12.2. The number of ether oxygens (including phenoxy) is 2. The zero-order valence-corrected chi connectivity index (χ0v) is 16.0. The molecule has 26 heavy (non-hydrogen) atoms. The van der Waals surface area contributed by atoms with Gasteiger partial charge in [-0.05, 0) is 58.7 Å². The second-order valence-corrected chi connectivity index (χ2v) is 7.41. The van der Waals surface area contributed by atoms with E-state index in [1.165, 1.54) is 12.4 Å². The molecule has 0 saturated heterocycles. The highest BCUT2D eigenvalue weighted by atomic mass is 16.6. The molecular weight excluding hydrogens is 336 g/mol. The molecule has 2 N–H and O–H groups in total. The van der Waals surface area contributed by atoms with E-state index in [0.717, 1.165) is 11.1 Å². The Bertz CT molecular complexity index is 630. The smallest absolute Gasteiger partial charge is 0.428 e. The molecule has 0 spiro atoms. The molecule has 0 saturated carbocycles. The van der Waals surface area contributed by atoms with Crippen LogP contribution in [-0.4, -0.2) is 35.8 Å². The molecule has 0 fully saturated rings. The van der Waals surface area contributed by atoms with Crippen molar-refractivity contribution in [2.24, 2.45) is 10.2 Å². The molecule has 0 atom stereocenters. The number of hydrogen-bond donors (Lipinski definition) is 2. The van der Waals surface area contributed by atoms with Crippen molar-refractivity contribution >= 4 is 24.6 Å². The topological polar surface area (TPSA) is 101 Å². The van der Waals surface area contributed by atoms with Gasteiger partial charge in [-0.15, -0.1) is 0 Å². The second-order valence-electron chi connectivity index (χ2n) is 7.41. The Morgan fingerprint density at radius 1 is 0.846 bits per heavy atom. The lowest BCUT2D eigenvalue weighted by atomic mass is 10.1. The van der Waals surface area contributed by atoms with Crippen LogP contribution in [0, 0.1) is 0 Å². The Labute approximate surface area is 153 Å². The lowest BCUT2D eigenvalue weighted by Crippen LogP contribution is -2.29. The summed E-state index contributed by atoms with van der Waals surface area (Å²) >= 11 is 0. The zero-order chi connectivity index (χ0) is 19.8. The maximum absolute atomic E-state index is 11.5. The molecule has 0 bridgehead atoms. The third-order valence-corrected chi connectivity index (χ3v) is 2.45. The van der Waals surface area contributed by atoms with Crippen molar-refractivity contribution in [1.29, 1.82) is 0 Å². The minimum atomic E-state index is -0.631. The summed E-state index contributed by atoms with van der Waals surface area (Å²) in [5, 5.41) is 7.66. The number of hydrazone groups is 2. The average Bonchev–Trinajstić information content (AvgIpc) is 2.43. The van der Waals surface area contributed by atoms with E-state index in [9.17, 15) is 9.59 Å². The van der Waals surface area contributed by atoms with Crippen LogP contribution in [0.2, 0.25) is 0 Å². The fourth-order valence-electron chi connectivity index (χ4n) is 1.64. The molecule has 8 nitrogen and oxygen atoms in total. The number of nitrogens with zero attached hydrogens (tertiary/aromatic N) is 2. The van der Waals surface area contributed by atoms with Crippen molar-refractivity contribution in [1.82, 2.24) is 10.9 Å². The second kappa shape index (κ2) is 8.98. The molecule has 142 valence electrons. The van der Waals surface area contributed by atoms with Gasteiger partial charge in [0.25, 0.3) is 0 Å². The van der Waals surface area contributed by atoms with Crippen molar-refractivity contribution < 1.29 is 19.1 Å². The van der Waals surface area contributed by atoms with Gasteiger partial charge in [-0.3, -0.25) is 0 Å². The summed E-state index contributed by atoms with van der Waals surface area (Å²) < 4.78 is 10.1. The van der Waals surface area contributed by atoms with Crippen LogP contribution in [0.5, 0.6) is 0 Å². The van der Waals surface area contributed by atoms with Gasteiger partial charge >= 0.3 is 12.2 Å². The Balaban J connectivity index is 2.57. The molecule has 1 aromatic rings. The van der Waals surface area contributed by atoms with E-state index in [-0.39, 0.29) is 0 Å². The molecule has 0 aliphatic rings. The number of rotatable bonds is 4. The van der Waals surface area contributed by atoms with Crippen LogP contribution in [0.3, 0.4) is 0 Å². The molecule has 1 aromatic carbocycles. The number of amides is 2. The van der Waals surface area contributed by atoms with Gasteiger partial charge in [0.15, 0.2) is 0 Å². The first kappa shape index (κ1) is 21.1. The van der Waals surface area contributed by atoms with E-state index in [1.807, 2.05) is 0 Å². The van der Waals surface area contributed by atoms with Gasteiger partial charge in [-0.25, -0.2) is 20.4 Å². The molecular formula is C18H26N4O4. The Morgan fingerprint density at radius 3 is 1.58 bits per heavy atom. The Morgan fingerprint density at radius 2 is 1.23 bits per heavy atom. The maximum atomic E-state index is 11.5. The number of hydrogen-bond acceptors (Lipinski definition) is 6. The van der Waals surface area contributed by atoms with Gasteiger partial charge in [-0.2, -0.15) is 10.2 Å². The summed E-state index contributed by atoms with van der Waals surface area (Å²) in [4.78, 5) is 23.0.